The standard InChI is InChI=1S/C11H15NO3.C2HF3O2/c1-8(10(12)11(13)14)15-7-9-5-3-2-4-6-9;3-2(4,5)1(6)7/h2-6,8,10H,7,12H2,1H3,(H,13,14);(H,6,7)/t8-,10+;/m1./s1. The molecule has 0 aliphatic rings. The molecule has 0 radical (unpaired) electrons. The number of carboxylic acids is 2. The second-order valence-corrected chi connectivity index (χ2v) is 4.17. The summed E-state index contributed by atoms with van der Waals surface area (Å²) in [4.78, 5) is 19.4. The number of ether oxygens (including phenoxy) is 1. The number of halogens is 3. The largest absolute Gasteiger partial charge is 0.490 e. The van der Waals surface area contributed by atoms with Crippen LogP contribution in [0.2, 0.25) is 0 Å². The predicted molar refractivity (Wildman–Crippen MR) is 70.0 cm³/mol. The Labute approximate surface area is 124 Å². The normalized spacial score (nSPS) is 13.5. The number of benzene rings is 1. The van der Waals surface area contributed by atoms with E-state index < -0.39 is 30.3 Å². The van der Waals surface area contributed by atoms with E-state index in [4.69, 9.17) is 25.5 Å². The van der Waals surface area contributed by atoms with Gasteiger partial charge < -0.3 is 20.7 Å². The number of carbonyl (C=O) groups is 2. The van der Waals surface area contributed by atoms with Gasteiger partial charge in [-0.1, -0.05) is 30.3 Å². The van der Waals surface area contributed by atoms with Gasteiger partial charge in [-0.2, -0.15) is 13.2 Å². The van der Waals surface area contributed by atoms with Crippen LogP contribution < -0.4 is 5.73 Å². The van der Waals surface area contributed by atoms with Crippen molar-refractivity contribution in [3.63, 3.8) is 0 Å². The highest BCUT2D eigenvalue weighted by Crippen LogP contribution is 2.13. The maximum atomic E-state index is 10.6. The molecular formula is C13H16F3NO5. The van der Waals surface area contributed by atoms with Gasteiger partial charge in [0.1, 0.15) is 6.04 Å². The number of hydrogen-bond donors (Lipinski definition) is 3. The molecule has 0 heterocycles. The molecule has 124 valence electrons. The first-order chi connectivity index (χ1) is 10.1. The van der Waals surface area contributed by atoms with E-state index in [0.29, 0.717) is 6.61 Å². The second-order valence-electron chi connectivity index (χ2n) is 4.17. The molecule has 9 heteroatoms. The highest BCUT2D eigenvalue weighted by molar-refractivity contribution is 5.73. The summed E-state index contributed by atoms with van der Waals surface area (Å²) in [5, 5.41) is 15.8. The van der Waals surface area contributed by atoms with Crippen LogP contribution in [0.3, 0.4) is 0 Å². The van der Waals surface area contributed by atoms with Crippen LogP contribution in [0.4, 0.5) is 13.2 Å². The molecule has 0 saturated heterocycles. The van der Waals surface area contributed by atoms with Crippen LogP contribution >= 0.6 is 0 Å². The summed E-state index contributed by atoms with van der Waals surface area (Å²) in [5.74, 6) is -3.80. The van der Waals surface area contributed by atoms with Gasteiger partial charge in [-0.05, 0) is 12.5 Å². The maximum Gasteiger partial charge on any atom is 0.490 e. The molecule has 22 heavy (non-hydrogen) atoms. The van der Waals surface area contributed by atoms with Crippen LogP contribution in [0.25, 0.3) is 0 Å². The average molecular weight is 323 g/mol. The molecular weight excluding hydrogens is 307 g/mol. The zero-order chi connectivity index (χ0) is 17.3. The van der Waals surface area contributed by atoms with E-state index in [1.807, 2.05) is 30.3 Å². The number of aliphatic carboxylic acids is 2. The Morgan fingerprint density at radius 2 is 1.68 bits per heavy atom. The van der Waals surface area contributed by atoms with E-state index in [1.54, 1.807) is 6.92 Å². The highest BCUT2D eigenvalue weighted by Gasteiger charge is 2.38. The summed E-state index contributed by atoms with van der Waals surface area (Å²) in [5.41, 5.74) is 6.40. The third-order valence-electron chi connectivity index (χ3n) is 2.39. The molecule has 6 nitrogen and oxygen atoms in total. The van der Waals surface area contributed by atoms with E-state index in [1.165, 1.54) is 0 Å². The minimum atomic E-state index is -5.08. The molecule has 0 aromatic heterocycles. The molecule has 0 aliphatic carbocycles. The van der Waals surface area contributed by atoms with E-state index >= 15 is 0 Å². The quantitative estimate of drug-likeness (QED) is 0.760. The van der Waals surface area contributed by atoms with Crippen molar-refractivity contribution in [1.29, 1.82) is 0 Å². The third-order valence-corrected chi connectivity index (χ3v) is 2.39. The summed E-state index contributed by atoms with van der Waals surface area (Å²) in [6.07, 6.45) is -5.58. The van der Waals surface area contributed by atoms with Gasteiger partial charge in [-0.25, -0.2) is 4.79 Å². The van der Waals surface area contributed by atoms with Crippen molar-refractivity contribution in [2.75, 3.05) is 0 Å². The van der Waals surface area contributed by atoms with E-state index in [2.05, 4.69) is 0 Å². The van der Waals surface area contributed by atoms with Gasteiger partial charge in [0.25, 0.3) is 0 Å². The number of hydrogen-bond acceptors (Lipinski definition) is 4. The molecule has 0 unspecified atom stereocenters. The van der Waals surface area contributed by atoms with E-state index in [9.17, 15) is 18.0 Å². The van der Waals surface area contributed by atoms with Crippen molar-refractivity contribution in [2.45, 2.75) is 31.9 Å². The first-order valence-corrected chi connectivity index (χ1v) is 5.99. The molecule has 0 spiro atoms. The van der Waals surface area contributed by atoms with Crippen LogP contribution in [-0.4, -0.2) is 40.5 Å². The fourth-order valence-corrected chi connectivity index (χ4v) is 1.11. The van der Waals surface area contributed by atoms with Crippen molar-refractivity contribution in [3.8, 4) is 0 Å². The zero-order valence-corrected chi connectivity index (χ0v) is 11.6. The Bertz CT molecular complexity index is 478. The van der Waals surface area contributed by atoms with E-state index in [0.717, 1.165) is 5.56 Å². The minimum Gasteiger partial charge on any atom is -0.480 e. The van der Waals surface area contributed by atoms with Crippen molar-refractivity contribution in [3.05, 3.63) is 35.9 Å². The molecule has 0 amide bonds. The number of carboxylic acid groups (broad SMARTS) is 2. The van der Waals surface area contributed by atoms with Gasteiger partial charge in [0, 0.05) is 0 Å². The van der Waals surface area contributed by atoms with Crippen molar-refractivity contribution >= 4 is 11.9 Å². The van der Waals surface area contributed by atoms with Crippen LogP contribution in [0.15, 0.2) is 30.3 Å². The Hall–Kier alpha value is -2.13. The number of rotatable bonds is 5. The Balaban J connectivity index is 0.000000534. The van der Waals surface area contributed by atoms with Crippen LogP contribution in [0.5, 0.6) is 0 Å². The summed E-state index contributed by atoms with van der Waals surface area (Å²) in [6.45, 7) is 2.03. The lowest BCUT2D eigenvalue weighted by atomic mass is 10.2. The molecule has 0 bridgehead atoms. The van der Waals surface area contributed by atoms with Gasteiger partial charge >= 0.3 is 18.1 Å². The van der Waals surface area contributed by atoms with Gasteiger partial charge in [-0.15, -0.1) is 0 Å². The van der Waals surface area contributed by atoms with Gasteiger partial charge in [-0.3, -0.25) is 4.79 Å². The predicted octanol–water partition coefficient (Wildman–Crippen LogP) is 1.64. The third kappa shape index (κ3) is 8.22. The second kappa shape index (κ2) is 9.00. The first kappa shape index (κ1) is 19.9. The van der Waals surface area contributed by atoms with Crippen molar-refractivity contribution in [2.24, 2.45) is 5.73 Å². The maximum absolute atomic E-state index is 10.6. The Morgan fingerprint density at radius 1 is 1.23 bits per heavy atom. The van der Waals surface area contributed by atoms with Crippen molar-refractivity contribution in [1.82, 2.24) is 0 Å². The Kier molecular flexibility index (Phi) is 8.13. The van der Waals surface area contributed by atoms with Crippen LogP contribution in [0.1, 0.15) is 12.5 Å². The number of alkyl halides is 3. The molecule has 1 rings (SSSR count). The Morgan fingerprint density at radius 3 is 2.05 bits per heavy atom. The summed E-state index contributed by atoms with van der Waals surface area (Å²) in [7, 11) is 0. The summed E-state index contributed by atoms with van der Waals surface area (Å²) < 4.78 is 37.1. The summed E-state index contributed by atoms with van der Waals surface area (Å²) in [6, 6.07) is 8.57. The smallest absolute Gasteiger partial charge is 0.480 e. The lowest BCUT2D eigenvalue weighted by Crippen LogP contribution is -2.41. The first-order valence-electron chi connectivity index (χ1n) is 5.99. The topological polar surface area (TPSA) is 110 Å². The van der Waals surface area contributed by atoms with Crippen LogP contribution in [-0.2, 0) is 20.9 Å². The lowest BCUT2D eigenvalue weighted by Gasteiger charge is -2.16. The SMILES string of the molecule is C[C@@H](OCc1ccccc1)[C@H](N)C(=O)O.O=C(O)C(F)(F)F. The molecule has 4 N–H and O–H groups in total. The highest BCUT2D eigenvalue weighted by atomic mass is 19.4. The summed E-state index contributed by atoms with van der Waals surface area (Å²) >= 11 is 0. The monoisotopic (exact) mass is 323 g/mol. The average Bonchev–Trinajstić information content (AvgIpc) is 2.44. The molecule has 2 atom stereocenters. The lowest BCUT2D eigenvalue weighted by molar-refractivity contribution is -0.192. The van der Waals surface area contributed by atoms with Gasteiger partial charge in [0.15, 0.2) is 0 Å². The fourth-order valence-electron chi connectivity index (χ4n) is 1.11. The zero-order valence-electron chi connectivity index (χ0n) is 11.6. The number of nitrogens with two attached hydrogens (primary N) is 1. The molecule has 0 fully saturated rings. The molecule has 0 aliphatic heterocycles. The molecule has 1 aromatic rings. The van der Waals surface area contributed by atoms with Crippen LogP contribution in [0, 0.1) is 0 Å². The van der Waals surface area contributed by atoms with Crippen molar-refractivity contribution < 1.29 is 37.7 Å². The minimum absolute atomic E-state index is 0.378. The van der Waals surface area contributed by atoms with Gasteiger partial charge in [0.05, 0.1) is 12.7 Å². The van der Waals surface area contributed by atoms with E-state index in [-0.39, 0.29) is 0 Å². The molecule has 1 aromatic carbocycles. The fraction of sp³-hybridized carbons (Fsp3) is 0.385. The molecule has 0 saturated carbocycles. The van der Waals surface area contributed by atoms with Gasteiger partial charge in [0.2, 0.25) is 0 Å².